The molecule has 0 saturated heterocycles. The minimum Gasteiger partial charge on any atom is -0.497 e. The van der Waals surface area contributed by atoms with Crippen LogP contribution in [0.25, 0.3) is 11.3 Å². The van der Waals surface area contributed by atoms with Crippen molar-refractivity contribution in [1.29, 1.82) is 0 Å². The van der Waals surface area contributed by atoms with E-state index in [9.17, 15) is 0 Å². The van der Waals surface area contributed by atoms with E-state index in [1.807, 2.05) is 36.4 Å². The first kappa shape index (κ1) is 21.6. The molecule has 0 atom stereocenters. The molecule has 0 fully saturated rings. The summed E-state index contributed by atoms with van der Waals surface area (Å²) in [7, 11) is 1.64. The predicted molar refractivity (Wildman–Crippen MR) is 105 cm³/mol. The Morgan fingerprint density at radius 2 is 2.04 bits per heavy atom. The van der Waals surface area contributed by atoms with Crippen molar-refractivity contribution in [2.24, 2.45) is 10.7 Å². The van der Waals surface area contributed by atoms with Crippen molar-refractivity contribution in [3.63, 3.8) is 0 Å². The lowest BCUT2D eigenvalue weighted by Gasteiger charge is -2.05. The average molecular weight is 374 g/mol. The van der Waals surface area contributed by atoms with Gasteiger partial charge in [-0.2, -0.15) is 0 Å². The molecule has 0 unspecified atom stereocenters. The molecule has 0 aliphatic rings. The topological polar surface area (TPSA) is 60.5 Å². The fourth-order valence-corrected chi connectivity index (χ4v) is 2.38. The lowest BCUT2D eigenvalue weighted by atomic mass is 10.1. The number of benzene rings is 1. The van der Waals surface area contributed by atoms with Crippen LogP contribution >= 0.6 is 36.6 Å². The van der Waals surface area contributed by atoms with E-state index in [2.05, 4.69) is 16.9 Å². The first-order valence-electron chi connectivity index (χ1n) is 6.80. The van der Waals surface area contributed by atoms with Gasteiger partial charge in [-0.3, -0.25) is 4.98 Å². The normalized spacial score (nSPS) is 10.4. The van der Waals surface area contributed by atoms with Crippen molar-refractivity contribution in [3.8, 4) is 17.0 Å². The number of hydrogen-bond donors (Lipinski definition) is 1. The van der Waals surface area contributed by atoms with Crippen molar-refractivity contribution >= 4 is 47.4 Å². The van der Waals surface area contributed by atoms with E-state index in [4.69, 9.17) is 10.5 Å². The molecule has 23 heavy (non-hydrogen) atoms. The second-order valence-corrected chi connectivity index (χ2v) is 5.54. The van der Waals surface area contributed by atoms with Crippen LogP contribution in [0.3, 0.4) is 0 Å². The van der Waals surface area contributed by atoms with Gasteiger partial charge in [0, 0.05) is 23.6 Å². The third-order valence-electron chi connectivity index (χ3n) is 2.80. The zero-order valence-electron chi connectivity index (χ0n) is 13.1. The fourth-order valence-electron chi connectivity index (χ4n) is 1.80. The SMILES string of the molecule is CCCSC(N)=Nc1cccc(-c2cc(OC)ccn2)c1.Cl.Cl. The van der Waals surface area contributed by atoms with Gasteiger partial charge in [0.05, 0.1) is 18.5 Å². The maximum atomic E-state index is 5.90. The molecule has 1 heterocycles. The number of aliphatic imine (C=N–C) groups is 1. The van der Waals surface area contributed by atoms with Crippen LogP contribution in [0.1, 0.15) is 13.3 Å². The highest BCUT2D eigenvalue weighted by molar-refractivity contribution is 8.13. The molecule has 0 radical (unpaired) electrons. The van der Waals surface area contributed by atoms with Crippen LogP contribution in [0, 0.1) is 0 Å². The molecule has 4 nitrogen and oxygen atoms in total. The second kappa shape index (κ2) is 11.2. The van der Waals surface area contributed by atoms with Gasteiger partial charge in [-0.05, 0) is 24.6 Å². The minimum absolute atomic E-state index is 0. The van der Waals surface area contributed by atoms with Crippen molar-refractivity contribution in [2.45, 2.75) is 13.3 Å². The molecule has 0 saturated carbocycles. The summed E-state index contributed by atoms with van der Waals surface area (Å²) in [6, 6.07) is 11.6. The monoisotopic (exact) mass is 373 g/mol. The van der Waals surface area contributed by atoms with Crippen LogP contribution in [0.2, 0.25) is 0 Å². The highest BCUT2D eigenvalue weighted by atomic mass is 35.5. The molecule has 1 aromatic heterocycles. The van der Waals surface area contributed by atoms with Crippen LogP contribution < -0.4 is 10.5 Å². The first-order valence-corrected chi connectivity index (χ1v) is 7.79. The number of halogens is 2. The Labute approximate surface area is 153 Å². The summed E-state index contributed by atoms with van der Waals surface area (Å²) in [5.74, 6) is 1.76. The number of methoxy groups -OCH3 is 1. The molecule has 0 aliphatic heterocycles. The van der Waals surface area contributed by atoms with Crippen molar-refractivity contribution in [2.75, 3.05) is 12.9 Å². The van der Waals surface area contributed by atoms with Crippen LogP contribution in [-0.2, 0) is 0 Å². The zero-order chi connectivity index (χ0) is 15.1. The van der Waals surface area contributed by atoms with Gasteiger partial charge in [-0.15, -0.1) is 24.8 Å². The lowest BCUT2D eigenvalue weighted by molar-refractivity contribution is 0.414. The summed E-state index contributed by atoms with van der Waals surface area (Å²) in [6.45, 7) is 2.12. The summed E-state index contributed by atoms with van der Waals surface area (Å²) < 4.78 is 5.22. The molecule has 2 aromatic rings. The third kappa shape index (κ3) is 6.69. The zero-order valence-corrected chi connectivity index (χ0v) is 15.5. The number of thioether (sulfide) groups is 1. The number of amidine groups is 1. The number of ether oxygens (including phenoxy) is 1. The fraction of sp³-hybridized carbons (Fsp3) is 0.250. The van der Waals surface area contributed by atoms with Gasteiger partial charge >= 0.3 is 0 Å². The summed E-state index contributed by atoms with van der Waals surface area (Å²) in [4.78, 5) is 8.79. The Balaban J connectivity index is 0.00000242. The van der Waals surface area contributed by atoms with Crippen LogP contribution in [0.15, 0.2) is 47.6 Å². The number of rotatable bonds is 5. The van der Waals surface area contributed by atoms with Gasteiger partial charge in [0.2, 0.25) is 0 Å². The van der Waals surface area contributed by atoms with E-state index in [1.54, 1.807) is 25.1 Å². The molecule has 0 spiro atoms. The third-order valence-corrected chi connectivity index (χ3v) is 3.80. The van der Waals surface area contributed by atoms with Gasteiger partial charge < -0.3 is 10.5 Å². The van der Waals surface area contributed by atoms with E-state index in [0.29, 0.717) is 5.17 Å². The Morgan fingerprint density at radius 3 is 2.74 bits per heavy atom. The maximum Gasteiger partial charge on any atom is 0.159 e. The summed E-state index contributed by atoms with van der Waals surface area (Å²) in [6.07, 6.45) is 2.81. The van der Waals surface area contributed by atoms with Gasteiger partial charge in [0.25, 0.3) is 0 Å². The van der Waals surface area contributed by atoms with Crippen LogP contribution in [0.4, 0.5) is 5.69 Å². The highest BCUT2D eigenvalue weighted by Gasteiger charge is 2.03. The lowest BCUT2D eigenvalue weighted by Crippen LogP contribution is -2.06. The summed E-state index contributed by atoms with van der Waals surface area (Å²) in [5, 5.41) is 0.590. The Hall–Kier alpha value is -1.43. The van der Waals surface area contributed by atoms with Crippen molar-refractivity contribution < 1.29 is 4.74 Å². The highest BCUT2D eigenvalue weighted by Crippen LogP contribution is 2.25. The van der Waals surface area contributed by atoms with Gasteiger partial charge in [0.15, 0.2) is 5.17 Å². The largest absolute Gasteiger partial charge is 0.497 e. The number of nitrogens with two attached hydrogens (primary N) is 1. The molecule has 0 amide bonds. The van der Waals surface area contributed by atoms with E-state index in [0.717, 1.165) is 34.9 Å². The standard InChI is InChI=1S/C16H19N3OS.2ClH/c1-3-9-21-16(17)19-13-6-4-5-12(10-13)15-11-14(20-2)7-8-18-15;;/h4-8,10-11H,3,9H2,1-2H3,(H2,17,19);2*1H. The van der Waals surface area contributed by atoms with Gasteiger partial charge in [-0.1, -0.05) is 30.8 Å². The molecule has 7 heteroatoms. The van der Waals surface area contributed by atoms with E-state index in [1.165, 1.54) is 0 Å². The maximum absolute atomic E-state index is 5.90. The van der Waals surface area contributed by atoms with Crippen molar-refractivity contribution in [1.82, 2.24) is 4.98 Å². The molecule has 2 N–H and O–H groups in total. The van der Waals surface area contributed by atoms with E-state index >= 15 is 0 Å². The van der Waals surface area contributed by atoms with E-state index in [-0.39, 0.29) is 24.8 Å². The second-order valence-electron chi connectivity index (χ2n) is 4.43. The van der Waals surface area contributed by atoms with E-state index < -0.39 is 0 Å². The average Bonchev–Trinajstić information content (AvgIpc) is 2.53. The molecule has 2 rings (SSSR count). The number of hydrogen-bond acceptors (Lipinski definition) is 4. The van der Waals surface area contributed by atoms with Crippen LogP contribution in [-0.4, -0.2) is 23.0 Å². The first-order chi connectivity index (χ1) is 10.2. The van der Waals surface area contributed by atoms with Crippen molar-refractivity contribution in [3.05, 3.63) is 42.6 Å². The number of aromatic nitrogens is 1. The molecule has 1 aromatic carbocycles. The predicted octanol–water partition coefficient (Wildman–Crippen LogP) is 4.69. The molecule has 0 aliphatic carbocycles. The minimum atomic E-state index is 0. The summed E-state index contributed by atoms with van der Waals surface area (Å²) >= 11 is 1.57. The molecular weight excluding hydrogens is 353 g/mol. The number of pyridine rings is 1. The van der Waals surface area contributed by atoms with Gasteiger partial charge in [-0.25, -0.2) is 4.99 Å². The smallest absolute Gasteiger partial charge is 0.159 e. The number of nitrogens with zero attached hydrogens (tertiary/aromatic N) is 2. The Bertz CT molecular complexity index is 638. The Kier molecular flexibility index (Phi) is 10.5. The van der Waals surface area contributed by atoms with Crippen LogP contribution in [0.5, 0.6) is 5.75 Å². The summed E-state index contributed by atoms with van der Waals surface area (Å²) in [5.41, 5.74) is 8.58. The molecule has 126 valence electrons. The quantitative estimate of drug-likeness (QED) is 0.609. The molecular formula is C16H21Cl2N3OS. The van der Waals surface area contributed by atoms with Gasteiger partial charge in [0.1, 0.15) is 5.75 Å². The molecule has 0 bridgehead atoms. The Morgan fingerprint density at radius 1 is 1.26 bits per heavy atom.